The molecule has 1 aliphatic heterocycles. The molecule has 1 aliphatic carbocycles. The number of nitrogens with two attached hydrogens (primary N) is 1. The lowest BCUT2D eigenvalue weighted by Crippen LogP contribution is -2.29. The van der Waals surface area contributed by atoms with Crippen LogP contribution in [0.25, 0.3) is 0 Å². The van der Waals surface area contributed by atoms with Crippen LogP contribution in [-0.4, -0.2) is 11.7 Å². The monoisotopic (exact) mass is 261 g/mol. The Bertz CT molecular complexity index is 652. The number of anilines is 1. The summed E-state index contributed by atoms with van der Waals surface area (Å²) in [7, 11) is 0. The predicted molar refractivity (Wildman–Crippen MR) is 66.7 cm³/mol. The molecule has 0 unspecified atom stereocenters. The summed E-state index contributed by atoms with van der Waals surface area (Å²) in [6.45, 7) is 1.83. The lowest BCUT2D eigenvalue weighted by Gasteiger charge is -2.21. The first-order valence-electron chi connectivity index (χ1n) is 5.91. The van der Waals surface area contributed by atoms with Crippen LogP contribution in [0.1, 0.15) is 35.3 Å². The normalized spacial score (nSPS) is 21.1. The molecule has 5 nitrogen and oxygen atoms in total. The van der Waals surface area contributed by atoms with Gasteiger partial charge in [-0.2, -0.15) is 0 Å². The van der Waals surface area contributed by atoms with Gasteiger partial charge < -0.3 is 16.4 Å². The van der Waals surface area contributed by atoms with Gasteiger partial charge in [-0.1, -0.05) is 6.07 Å². The summed E-state index contributed by atoms with van der Waals surface area (Å²) >= 11 is 0. The maximum Gasteiger partial charge on any atom is 0.254 e. The van der Waals surface area contributed by atoms with Crippen molar-refractivity contribution in [2.24, 2.45) is 5.73 Å². The number of rotatable bonds is 2. The van der Waals surface area contributed by atoms with Crippen LogP contribution in [0.3, 0.4) is 0 Å². The molecule has 0 bridgehead atoms. The van der Waals surface area contributed by atoms with Gasteiger partial charge in [-0.25, -0.2) is 4.39 Å². The first-order valence-corrected chi connectivity index (χ1v) is 5.91. The highest BCUT2D eigenvalue weighted by molar-refractivity contribution is 6.07. The van der Waals surface area contributed by atoms with Crippen molar-refractivity contribution in [1.82, 2.24) is 5.32 Å². The zero-order valence-corrected chi connectivity index (χ0v) is 10.2. The fourth-order valence-electron chi connectivity index (χ4n) is 2.34. The van der Waals surface area contributed by atoms with E-state index >= 15 is 0 Å². The number of benzene rings is 1. The van der Waals surface area contributed by atoms with Crippen LogP contribution in [0.5, 0.6) is 0 Å². The molecule has 1 aromatic rings. The summed E-state index contributed by atoms with van der Waals surface area (Å²) in [6.07, 6.45) is 0.145. The zero-order chi connectivity index (χ0) is 13.7. The van der Waals surface area contributed by atoms with Crippen molar-refractivity contribution in [3.8, 4) is 0 Å². The first-order chi connectivity index (χ1) is 8.99. The third-order valence-electron chi connectivity index (χ3n) is 3.47. The Hall–Kier alpha value is -2.37. The minimum atomic E-state index is -0.539. The van der Waals surface area contributed by atoms with Gasteiger partial charge in [0.1, 0.15) is 5.82 Å². The third-order valence-corrected chi connectivity index (χ3v) is 3.47. The van der Waals surface area contributed by atoms with E-state index in [0.29, 0.717) is 5.70 Å². The van der Waals surface area contributed by atoms with E-state index in [1.165, 1.54) is 6.07 Å². The van der Waals surface area contributed by atoms with Crippen LogP contribution in [0, 0.1) is 5.82 Å². The maximum atomic E-state index is 13.9. The number of halogens is 1. The Morgan fingerprint density at radius 3 is 2.79 bits per heavy atom. The fourth-order valence-corrected chi connectivity index (χ4v) is 2.34. The Morgan fingerprint density at radius 2 is 2.16 bits per heavy atom. The first kappa shape index (κ1) is 11.7. The smallest absolute Gasteiger partial charge is 0.254 e. The molecule has 0 saturated heterocycles. The van der Waals surface area contributed by atoms with Crippen LogP contribution >= 0.6 is 0 Å². The summed E-state index contributed by atoms with van der Waals surface area (Å²) < 4.78 is 13.9. The standard InChI is InChI=1S/C13H12FN3O2/c1-5-6-2-3-7(14)12(10(6)13(19)16-5)17-8-4-9(18)11(8)15/h2-3,5,17H,4,15H2,1H3,(H,16,19)/t5-/m1/s1. The summed E-state index contributed by atoms with van der Waals surface area (Å²) in [5, 5.41) is 5.50. The van der Waals surface area contributed by atoms with Crippen molar-refractivity contribution in [2.75, 3.05) is 5.32 Å². The fraction of sp³-hybridized carbons (Fsp3) is 0.231. The Morgan fingerprint density at radius 1 is 1.42 bits per heavy atom. The highest BCUT2D eigenvalue weighted by Crippen LogP contribution is 2.34. The number of nitrogens with one attached hydrogen (secondary N) is 2. The third kappa shape index (κ3) is 1.60. The number of Topliss-reactive ketones (excluding diaryl/α,β-unsaturated/α-hetero) is 1. The van der Waals surface area contributed by atoms with E-state index in [0.717, 1.165) is 5.56 Å². The lowest BCUT2D eigenvalue weighted by atomic mass is 9.98. The number of carbonyl (C=O) groups is 2. The molecule has 0 radical (unpaired) electrons. The van der Waals surface area contributed by atoms with E-state index in [-0.39, 0.29) is 41.1 Å². The predicted octanol–water partition coefficient (Wildman–Crippen LogP) is 1.19. The Labute approximate surface area is 108 Å². The van der Waals surface area contributed by atoms with Gasteiger partial charge in [0.15, 0.2) is 5.78 Å². The molecule has 1 heterocycles. The number of ketones is 1. The Kier molecular flexibility index (Phi) is 2.35. The number of amides is 1. The molecule has 98 valence electrons. The molecule has 19 heavy (non-hydrogen) atoms. The van der Waals surface area contributed by atoms with Crippen molar-refractivity contribution in [3.63, 3.8) is 0 Å². The molecule has 0 aromatic heterocycles. The summed E-state index contributed by atoms with van der Waals surface area (Å²) in [5.41, 5.74) is 7.19. The van der Waals surface area contributed by atoms with Crippen LogP contribution in [0.2, 0.25) is 0 Å². The van der Waals surface area contributed by atoms with Crippen molar-refractivity contribution in [2.45, 2.75) is 19.4 Å². The van der Waals surface area contributed by atoms with Gasteiger partial charge in [0.25, 0.3) is 5.91 Å². The van der Waals surface area contributed by atoms with Crippen molar-refractivity contribution >= 4 is 17.4 Å². The number of hydrogen-bond acceptors (Lipinski definition) is 4. The van der Waals surface area contributed by atoms with E-state index in [2.05, 4.69) is 10.6 Å². The summed E-state index contributed by atoms with van der Waals surface area (Å²) in [4.78, 5) is 22.9. The van der Waals surface area contributed by atoms with Crippen molar-refractivity contribution < 1.29 is 14.0 Å². The molecule has 0 saturated carbocycles. The Balaban J connectivity index is 2.07. The second kappa shape index (κ2) is 3.81. The molecule has 0 spiro atoms. The van der Waals surface area contributed by atoms with Gasteiger partial charge in [0.05, 0.1) is 35.1 Å². The maximum absolute atomic E-state index is 13.9. The molecular formula is C13H12FN3O2. The van der Waals surface area contributed by atoms with Gasteiger partial charge in [0, 0.05) is 0 Å². The SMILES string of the molecule is C[C@H]1NC(=O)c2c1ccc(F)c2NC1=C(N)C(=O)C1. The highest BCUT2D eigenvalue weighted by atomic mass is 19.1. The van der Waals surface area contributed by atoms with Crippen LogP contribution in [0.15, 0.2) is 23.5 Å². The molecule has 4 N–H and O–H groups in total. The van der Waals surface area contributed by atoms with E-state index < -0.39 is 5.82 Å². The summed E-state index contributed by atoms with van der Waals surface area (Å²) in [5.74, 6) is -1.04. The minimum Gasteiger partial charge on any atom is -0.394 e. The largest absolute Gasteiger partial charge is 0.394 e. The van der Waals surface area contributed by atoms with Gasteiger partial charge >= 0.3 is 0 Å². The van der Waals surface area contributed by atoms with Crippen LogP contribution < -0.4 is 16.4 Å². The van der Waals surface area contributed by atoms with Crippen LogP contribution in [0.4, 0.5) is 10.1 Å². The van der Waals surface area contributed by atoms with E-state index in [9.17, 15) is 14.0 Å². The van der Waals surface area contributed by atoms with Gasteiger partial charge in [-0.15, -0.1) is 0 Å². The molecule has 3 rings (SSSR count). The number of hydrogen-bond donors (Lipinski definition) is 3. The van der Waals surface area contributed by atoms with Crippen molar-refractivity contribution in [1.29, 1.82) is 0 Å². The average Bonchev–Trinajstić information content (AvgIpc) is 2.66. The lowest BCUT2D eigenvalue weighted by molar-refractivity contribution is -0.116. The number of fused-ring (bicyclic) bond motifs is 1. The number of allylic oxidation sites excluding steroid dienone is 2. The van der Waals surface area contributed by atoms with E-state index in [4.69, 9.17) is 5.73 Å². The van der Waals surface area contributed by atoms with Gasteiger partial charge in [-0.05, 0) is 18.6 Å². The molecule has 1 aromatic carbocycles. The second-order valence-corrected chi connectivity index (χ2v) is 4.70. The number of carbonyl (C=O) groups excluding carboxylic acids is 2. The minimum absolute atomic E-state index is 0.0878. The van der Waals surface area contributed by atoms with E-state index in [1.54, 1.807) is 6.07 Å². The van der Waals surface area contributed by atoms with Gasteiger partial charge in [-0.3, -0.25) is 9.59 Å². The molecule has 2 aliphatic rings. The zero-order valence-electron chi connectivity index (χ0n) is 10.2. The van der Waals surface area contributed by atoms with Crippen LogP contribution in [-0.2, 0) is 4.79 Å². The van der Waals surface area contributed by atoms with Crippen molar-refractivity contribution in [3.05, 3.63) is 40.5 Å². The molecule has 0 fully saturated rings. The van der Waals surface area contributed by atoms with Gasteiger partial charge in [0.2, 0.25) is 0 Å². The molecular weight excluding hydrogens is 249 g/mol. The molecule has 1 atom stereocenters. The topological polar surface area (TPSA) is 84.2 Å². The van der Waals surface area contributed by atoms with E-state index in [1.807, 2.05) is 6.92 Å². The quantitative estimate of drug-likeness (QED) is 0.746. The molecule has 1 amide bonds. The molecule has 6 heteroatoms. The highest BCUT2D eigenvalue weighted by Gasteiger charge is 2.32. The second-order valence-electron chi connectivity index (χ2n) is 4.70. The summed E-state index contributed by atoms with van der Waals surface area (Å²) in [6, 6.07) is 2.73. The average molecular weight is 261 g/mol.